The maximum Gasteiger partial charge on any atom is 0.191 e. The van der Waals surface area contributed by atoms with Gasteiger partial charge >= 0.3 is 0 Å². The van der Waals surface area contributed by atoms with Crippen molar-refractivity contribution in [3.05, 3.63) is 65.9 Å². The van der Waals surface area contributed by atoms with E-state index in [1.807, 2.05) is 11.8 Å². The number of para-hydroxylation sites is 1. The van der Waals surface area contributed by atoms with E-state index in [2.05, 4.69) is 82.2 Å². The van der Waals surface area contributed by atoms with Crippen LogP contribution in [0.1, 0.15) is 18.1 Å². The molecular weight excluding hydrogens is 517 g/mol. The van der Waals surface area contributed by atoms with Gasteiger partial charge in [-0.2, -0.15) is 11.8 Å². The van der Waals surface area contributed by atoms with Crippen molar-refractivity contribution in [3.8, 4) is 0 Å². The van der Waals surface area contributed by atoms with Crippen LogP contribution in [0.4, 0.5) is 5.69 Å². The van der Waals surface area contributed by atoms with Crippen LogP contribution in [0.5, 0.6) is 0 Å². The van der Waals surface area contributed by atoms with Crippen molar-refractivity contribution in [2.75, 3.05) is 42.6 Å². The molecule has 3 aromatic rings. The van der Waals surface area contributed by atoms with Gasteiger partial charge in [0.05, 0.1) is 6.54 Å². The maximum absolute atomic E-state index is 4.78. The molecular formula is C24H32IN5S. The number of anilines is 1. The van der Waals surface area contributed by atoms with E-state index in [4.69, 9.17) is 4.99 Å². The highest BCUT2D eigenvalue weighted by Gasteiger charge is 2.10. The molecule has 3 N–H and O–H groups in total. The van der Waals surface area contributed by atoms with Crippen molar-refractivity contribution < 1.29 is 0 Å². The Morgan fingerprint density at radius 2 is 1.84 bits per heavy atom. The zero-order chi connectivity index (χ0) is 20.6. The average molecular weight is 550 g/mol. The van der Waals surface area contributed by atoms with Crippen LogP contribution < -0.4 is 15.5 Å². The predicted octanol–water partition coefficient (Wildman–Crippen LogP) is 4.64. The molecule has 0 radical (unpaired) electrons. The fourth-order valence-electron chi connectivity index (χ4n) is 3.80. The van der Waals surface area contributed by atoms with Crippen LogP contribution in [-0.2, 0) is 13.0 Å². The second-order valence-corrected chi connectivity index (χ2v) is 8.72. The van der Waals surface area contributed by atoms with Crippen molar-refractivity contribution in [2.24, 2.45) is 4.99 Å². The number of thioether (sulfide) groups is 1. The number of hydrogen-bond acceptors (Lipinski definition) is 3. The lowest BCUT2D eigenvalue weighted by Crippen LogP contribution is -2.38. The van der Waals surface area contributed by atoms with Crippen molar-refractivity contribution in [3.63, 3.8) is 0 Å². The van der Waals surface area contributed by atoms with Crippen molar-refractivity contribution in [2.45, 2.75) is 19.9 Å². The van der Waals surface area contributed by atoms with Gasteiger partial charge in [0.25, 0.3) is 0 Å². The Bertz CT molecular complexity index is 964. The minimum absolute atomic E-state index is 0. The van der Waals surface area contributed by atoms with Crippen LogP contribution in [0.15, 0.2) is 59.7 Å². The molecule has 7 heteroatoms. The molecule has 31 heavy (non-hydrogen) atoms. The van der Waals surface area contributed by atoms with Gasteiger partial charge in [0.15, 0.2) is 5.96 Å². The van der Waals surface area contributed by atoms with E-state index in [1.54, 1.807) is 0 Å². The molecule has 0 aliphatic carbocycles. The molecule has 1 aliphatic heterocycles. The Labute approximate surface area is 206 Å². The highest BCUT2D eigenvalue weighted by atomic mass is 127. The second kappa shape index (κ2) is 12.2. The van der Waals surface area contributed by atoms with Gasteiger partial charge in [0.1, 0.15) is 0 Å². The van der Waals surface area contributed by atoms with Gasteiger partial charge in [0, 0.05) is 60.5 Å². The number of aromatic amines is 1. The van der Waals surface area contributed by atoms with E-state index >= 15 is 0 Å². The highest BCUT2D eigenvalue weighted by Crippen LogP contribution is 2.20. The van der Waals surface area contributed by atoms with Crippen molar-refractivity contribution in [1.82, 2.24) is 15.6 Å². The number of nitrogens with one attached hydrogen (secondary N) is 3. The third-order valence-electron chi connectivity index (χ3n) is 5.44. The lowest BCUT2D eigenvalue weighted by atomic mass is 10.1. The lowest BCUT2D eigenvalue weighted by molar-refractivity contribution is 0.801. The number of guanidine groups is 1. The second-order valence-electron chi connectivity index (χ2n) is 7.50. The van der Waals surface area contributed by atoms with Gasteiger partial charge in [-0.25, -0.2) is 4.99 Å². The summed E-state index contributed by atoms with van der Waals surface area (Å²) < 4.78 is 0. The number of benzene rings is 2. The van der Waals surface area contributed by atoms with Crippen molar-refractivity contribution in [1.29, 1.82) is 0 Å². The molecule has 166 valence electrons. The zero-order valence-corrected chi connectivity index (χ0v) is 21.2. The largest absolute Gasteiger partial charge is 0.370 e. The Kier molecular flexibility index (Phi) is 9.39. The molecule has 0 unspecified atom stereocenters. The van der Waals surface area contributed by atoms with E-state index in [0.29, 0.717) is 6.54 Å². The lowest BCUT2D eigenvalue weighted by Gasteiger charge is -2.28. The van der Waals surface area contributed by atoms with Crippen LogP contribution in [0, 0.1) is 0 Å². The van der Waals surface area contributed by atoms with Crippen LogP contribution >= 0.6 is 35.7 Å². The molecule has 2 aromatic carbocycles. The topological polar surface area (TPSA) is 55.5 Å². The Balaban J connectivity index is 0.00000272. The highest BCUT2D eigenvalue weighted by molar-refractivity contribution is 14.0. The monoisotopic (exact) mass is 549 g/mol. The van der Waals surface area contributed by atoms with Crippen LogP contribution in [-0.4, -0.2) is 48.6 Å². The third kappa shape index (κ3) is 6.55. The van der Waals surface area contributed by atoms with Gasteiger partial charge in [-0.15, -0.1) is 24.0 Å². The quantitative estimate of drug-likeness (QED) is 0.229. The van der Waals surface area contributed by atoms with Gasteiger partial charge < -0.3 is 20.5 Å². The summed E-state index contributed by atoms with van der Waals surface area (Å²) in [5.41, 5.74) is 5.09. The molecule has 4 rings (SSSR count). The van der Waals surface area contributed by atoms with E-state index in [1.165, 1.54) is 39.2 Å². The molecule has 5 nitrogen and oxygen atoms in total. The molecule has 0 bridgehead atoms. The van der Waals surface area contributed by atoms with Crippen molar-refractivity contribution >= 4 is 58.3 Å². The average Bonchev–Trinajstić information content (AvgIpc) is 3.21. The summed E-state index contributed by atoms with van der Waals surface area (Å²) in [7, 11) is 0. The zero-order valence-electron chi connectivity index (χ0n) is 18.1. The SMILES string of the molecule is CCNC(=NCc1ccc(N2CCSCC2)cc1)NCCc1c[nH]c2ccccc12.I. The Morgan fingerprint density at radius 1 is 1.06 bits per heavy atom. The number of H-pyrrole nitrogens is 1. The van der Waals surface area contributed by atoms with E-state index in [-0.39, 0.29) is 24.0 Å². The summed E-state index contributed by atoms with van der Waals surface area (Å²) in [6, 6.07) is 17.3. The molecule has 1 aliphatic rings. The number of fused-ring (bicyclic) bond motifs is 1. The standard InChI is InChI=1S/C24H31N5S.HI/c1-2-25-24(26-12-11-20-18-27-23-6-4-3-5-22(20)23)28-17-19-7-9-21(10-8-19)29-13-15-30-16-14-29;/h3-10,18,27H,2,11-17H2,1H3,(H2,25,26,28);1H. The minimum Gasteiger partial charge on any atom is -0.370 e. The summed E-state index contributed by atoms with van der Waals surface area (Å²) in [5, 5.41) is 8.12. The fraction of sp³-hybridized carbons (Fsp3) is 0.375. The molecule has 0 atom stereocenters. The summed E-state index contributed by atoms with van der Waals surface area (Å²) in [4.78, 5) is 10.6. The molecule has 0 amide bonds. The normalized spacial score (nSPS) is 14.4. The van der Waals surface area contributed by atoms with E-state index in [9.17, 15) is 0 Å². The summed E-state index contributed by atoms with van der Waals surface area (Å²) in [6.07, 6.45) is 3.07. The summed E-state index contributed by atoms with van der Waals surface area (Å²) in [6.45, 7) is 6.77. The minimum atomic E-state index is 0. The fourth-order valence-corrected chi connectivity index (χ4v) is 4.70. The van der Waals surface area contributed by atoms with E-state index in [0.717, 1.165) is 38.6 Å². The Morgan fingerprint density at radius 3 is 2.61 bits per heavy atom. The molecule has 0 saturated carbocycles. The molecule has 0 spiro atoms. The van der Waals surface area contributed by atoms with Gasteiger partial charge in [0.2, 0.25) is 0 Å². The smallest absolute Gasteiger partial charge is 0.191 e. The first-order valence-corrected chi connectivity index (χ1v) is 12.0. The first kappa shape index (κ1) is 23.8. The first-order chi connectivity index (χ1) is 14.8. The molecule has 1 aromatic heterocycles. The summed E-state index contributed by atoms with van der Waals surface area (Å²) >= 11 is 2.04. The molecule has 1 saturated heterocycles. The number of halogens is 1. The van der Waals surface area contributed by atoms with Crippen LogP contribution in [0.2, 0.25) is 0 Å². The van der Waals surface area contributed by atoms with Crippen LogP contribution in [0.3, 0.4) is 0 Å². The van der Waals surface area contributed by atoms with Gasteiger partial charge in [-0.05, 0) is 42.7 Å². The number of aliphatic imine (C=N–C) groups is 1. The van der Waals surface area contributed by atoms with Crippen LogP contribution in [0.25, 0.3) is 10.9 Å². The number of hydrogen-bond donors (Lipinski definition) is 3. The third-order valence-corrected chi connectivity index (χ3v) is 6.38. The van der Waals surface area contributed by atoms with Gasteiger partial charge in [-0.1, -0.05) is 30.3 Å². The maximum atomic E-state index is 4.78. The summed E-state index contributed by atoms with van der Waals surface area (Å²) in [5.74, 6) is 3.32. The first-order valence-electron chi connectivity index (χ1n) is 10.8. The molecule has 1 fully saturated rings. The van der Waals surface area contributed by atoms with Gasteiger partial charge in [-0.3, -0.25) is 0 Å². The number of nitrogens with zero attached hydrogens (tertiary/aromatic N) is 2. The molecule has 2 heterocycles. The van der Waals surface area contributed by atoms with E-state index < -0.39 is 0 Å². The number of rotatable bonds is 7. The number of aromatic nitrogens is 1. The Hall–Kier alpha value is -1.87. The predicted molar refractivity (Wildman–Crippen MR) is 146 cm³/mol.